The molecule has 0 saturated carbocycles. The number of sulfonamides is 1. The Morgan fingerprint density at radius 3 is 2.70 bits per heavy atom. The fraction of sp³-hybridized carbons (Fsp3) is 0.444. The molecule has 7 nitrogen and oxygen atoms in total. The maximum atomic E-state index is 13.0. The summed E-state index contributed by atoms with van der Waals surface area (Å²) in [5.74, 6) is 1.05. The van der Waals surface area contributed by atoms with Gasteiger partial charge >= 0.3 is 0 Å². The van der Waals surface area contributed by atoms with Gasteiger partial charge in [-0.25, -0.2) is 8.42 Å². The Morgan fingerprint density at radius 2 is 1.93 bits per heavy atom. The second-order valence-electron chi connectivity index (χ2n) is 6.83. The van der Waals surface area contributed by atoms with Gasteiger partial charge in [-0.15, -0.1) is 0 Å². The molecule has 1 saturated heterocycles. The number of hydrogen-bond acceptors (Lipinski definition) is 5. The van der Waals surface area contributed by atoms with Gasteiger partial charge < -0.3 is 5.32 Å². The number of aromatic nitrogens is 2. The van der Waals surface area contributed by atoms with Crippen molar-refractivity contribution in [3.63, 3.8) is 0 Å². The zero-order valence-corrected chi connectivity index (χ0v) is 16.8. The van der Waals surface area contributed by atoms with Crippen LogP contribution < -0.4 is 5.32 Å². The standard InChI is InChI=1S/C18H22N4O3S2/c1-21-12-16(18(20-21)27(24,25)22-7-9-26-10-8-22)17(23)19-15-6-5-13-3-2-4-14(13)11-15/h5-6,11-12H,2-4,7-10H2,1H3,(H,19,23). The lowest BCUT2D eigenvalue weighted by atomic mass is 10.1. The van der Waals surface area contributed by atoms with Crippen molar-refractivity contribution >= 4 is 33.4 Å². The highest BCUT2D eigenvalue weighted by molar-refractivity contribution is 7.99. The number of hydrogen-bond donors (Lipinski definition) is 1. The molecule has 1 amide bonds. The van der Waals surface area contributed by atoms with Crippen LogP contribution in [0.4, 0.5) is 5.69 Å². The lowest BCUT2D eigenvalue weighted by molar-refractivity contribution is 0.102. The van der Waals surface area contributed by atoms with E-state index in [9.17, 15) is 13.2 Å². The Hall–Kier alpha value is -1.84. The van der Waals surface area contributed by atoms with Crippen molar-refractivity contribution in [3.8, 4) is 0 Å². The van der Waals surface area contributed by atoms with Crippen LogP contribution in [-0.2, 0) is 29.9 Å². The fourth-order valence-corrected chi connectivity index (χ4v) is 6.27. The minimum absolute atomic E-state index is 0.0798. The van der Waals surface area contributed by atoms with Crippen LogP contribution in [0.2, 0.25) is 0 Å². The molecule has 0 radical (unpaired) electrons. The number of rotatable bonds is 4. The molecule has 2 aromatic rings. The van der Waals surface area contributed by atoms with Gasteiger partial charge in [-0.2, -0.15) is 21.2 Å². The van der Waals surface area contributed by atoms with Crippen molar-refractivity contribution < 1.29 is 13.2 Å². The molecule has 1 aliphatic heterocycles. The third-order valence-corrected chi connectivity index (χ3v) is 7.73. The van der Waals surface area contributed by atoms with Crippen LogP contribution in [-0.4, -0.2) is 53.0 Å². The quantitative estimate of drug-likeness (QED) is 0.838. The van der Waals surface area contributed by atoms with Gasteiger partial charge in [0.1, 0.15) is 0 Å². The number of amides is 1. The Kier molecular flexibility index (Phi) is 5.00. The van der Waals surface area contributed by atoms with E-state index in [1.807, 2.05) is 18.2 Å². The van der Waals surface area contributed by atoms with Crippen molar-refractivity contribution in [1.82, 2.24) is 14.1 Å². The minimum atomic E-state index is -3.79. The van der Waals surface area contributed by atoms with Crippen LogP contribution in [0.25, 0.3) is 0 Å². The predicted molar refractivity (Wildman–Crippen MR) is 106 cm³/mol. The molecule has 1 fully saturated rings. The summed E-state index contributed by atoms with van der Waals surface area (Å²) in [6, 6.07) is 5.88. The number of fused-ring (bicyclic) bond motifs is 1. The summed E-state index contributed by atoms with van der Waals surface area (Å²) < 4.78 is 28.8. The van der Waals surface area contributed by atoms with E-state index < -0.39 is 15.9 Å². The smallest absolute Gasteiger partial charge is 0.263 e. The van der Waals surface area contributed by atoms with E-state index in [0.29, 0.717) is 18.8 Å². The van der Waals surface area contributed by atoms with Gasteiger partial charge in [-0.05, 0) is 42.5 Å². The zero-order chi connectivity index (χ0) is 19.0. The van der Waals surface area contributed by atoms with Gasteiger partial charge in [-0.3, -0.25) is 9.48 Å². The van der Waals surface area contributed by atoms with Gasteiger partial charge in [0.25, 0.3) is 15.9 Å². The second kappa shape index (κ2) is 7.29. The Morgan fingerprint density at radius 1 is 1.19 bits per heavy atom. The summed E-state index contributed by atoms with van der Waals surface area (Å²) in [4.78, 5) is 12.8. The maximum Gasteiger partial charge on any atom is 0.263 e. The fourth-order valence-electron chi connectivity index (χ4n) is 3.57. The van der Waals surface area contributed by atoms with Crippen LogP contribution in [0.15, 0.2) is 29.4 Å². The molecule has 1 N–H and O–H groups in total. The Bertz CT molecular complexity index is 978. The van der Waals surface area contributed by atoms with E-state index in [1.165, 1.54) is 26.3 Å². The molecule has 0 spiro atoms. The normalized spacial score (nSPS) is 17.7. The van der Waals surface area contributed by atoms with E-state index in [2.05, 4.69) is 10.4 Å². The van der Waals surface area contributed by atoms with Crippen LogP contribution in [0.1, 0.15) is 27.9 Å². The first kappa shape index (κ1) is 18.5. The van der Waals surface area contributed by atoms with E-state index in [-0.39, 0.29) is 10.6 Å². The van der Waals surface area contributed by atoms with Gasteiger partial charge in [0.15, 0.2) is 0 Å². The average molecular weight is 407 g/mol. The van der Waals surface area contributed by atoms with Crippen LogP contribution in [0.5, 0.6) is 0 Å². The molecule has 1 aliphatic carbocycles. The molecule has 27 heavy (non-hydrogen) atoms. The minimum Gasteiger partial charge on any atom is -0.322 e. The molecule has 0 atom stereocenters. The monoisotopic (exact) mass is 406 g/mol. The molecule has 0 bridgehead atoms. The molecule has 2 heterocycles. The average Bonchev–Trinajstić information content (AvgIpc) is 3.28. The van der Waals surface area contributed by atoms with Crippen LogP contribution in [0, 0.1) is 0 Å². The SMILES string of the molecule is Cn1cc(C(=O)Nc2ccc3c(c2)CCC3)c(S(=O)(=O)N2CCSCC2)n1. The summed E-state index contributed by atoms with van der Waals surface area (Å²) in [6.07, 6.45) is 4.68. The predicted octanol–water partition coefficient (Wildman–Crippen LogP) is 1.90. The van der Waals surface area contributed by atoms with Crippen molar-refractivity contribution in [3.05, 3.63) is 41.1 Å². The number of carbonyl (C=O) groups is 1. The van der Waals surface area contributed by atoms with Gasteiger partial charge in [0.2, 0.25) is 5.03 Å². The van der Waals surface area contributed by atoms with E-state index in [4.69, 9.17) is 0 Å². The number of thioether (sulfide) groups is 1. The molecule has 0 unspecified atom stereocenters. The topological polar surface area (TPSA) is 84.3 Å². The third kappa shape index (κ3) is 3.63. The third-order valence-electron chi connectivity index (χ3n) is 4.95. The van der Waals surface area contributed by atoms with Crippen molar-refractivity contribution in [2.45, 2.75) is 24.3 Å². The van der Waals surface area contributed by atoms with Gasteiger partial charge in [-0.1, -0.05) is 6.07 Å². The Balaban J connectivity index is 1.61. The molecular formula is C18H22N4O3S2. The van der Waals surface area contributed by atoms with E-state index in [1.54, 1.807) is 18.8 Å². The number of benzene rings is 1. The number of nitrogens with zero attached hydrogens (tertiary/aromatic N) is 3. The molecule has 144 valence electrons. The largest absolute Gasteiger partial charge is 0.322 e. The first-order chi connectivity index (χ1) is 12.9. The first-order valence-corrected chi connectivity index (χ1v) is 11.6. The summed E-state index contributed by atoms with van der Waals surface area (Å²) in [6.45, 7) is 0.880. The van der Waals surface area contributed by atoms with Crippen molar-refractivity contribution in [1.29, 1.82) is 0 Å². The summed E-state index contributed by atoms with van der Waals surface area (Å²) in [7, 11) is -2.17. The summed E-state index contributed by atoms with van der Waals surface area (Å²) in [5, 5.41) is 6.76. The lowest BCUT2D eigenvalue weighted by Crippen LogP contribution is -2.38. The van der Waals surface area contributed by atoms with E-state index in [0.717, 1.165) is 30.8 Å². The lowest BCUT2D eigenvalue weighted by Gasteiger charge is -2.24. The van der Waals surface area contributed by atoms with Crippen molar-refractivity contribution in [2.24, 2.45) is 7.05 Å². The molecule has 4 rings (SSSR count). The highest BCUT2D eigenvalue weighted by Gasteiger charge is 2.33. The van der Waals surface area contributed by atoms with Crippen molar-refractivity contribution in [2.75, 3.05) is 29.9 Å². The molecule has 9 heteroatoms. The highest BCUT2D eigenvalue weighted by Crippen LogP contribution is 2.26. The molecular weight excluding hydrogens is 384 g/mol. The maximum absolute atomic E-state index is 13.0. The molecule has 2 aliphatic rings. The first-order valence-electron chi connectivity index (χ1n) is 9.00. The van der Waals surface area contributed by atoms with Crippen LogP contribution in [0.3, 0.4) is 0 Å². The number of nitrogens with one attached hydrogen (secondary N) is 1. The second-order valence-corrected chi connectivity index (χ2v) is 9.91. The number of anilines is 1. The summed E-state index contributed by atoms with van der Waals surface area (Å²) >= 11 is 1.73. The number of carbonyl (C=O) groups excluding carboxylic acids is 1. The van der Waals surface area contributed by atoms with Gasteiger partial charge in [0.05, 0.1) is 5.56 Å². The molecule has 1 aromatic heterocycles. The number of aryl methyl sites for hydroxylation is 3. The highest BCUT2D eigenvalue weighted by atomic mass is 32.2. The summed E-state index contributed by atoms with van der Waals surface area (Å²) in [5.41, 5.74) is 3.33. The van der Waals surface area contributed by atoms with Crippen LogP contribution >= 0.6 is 11.8 Å². The zero-order valence-electron chi connectivity index (χ0n) is 15.1. The van der Waals surface area contributed by atoms with E-state index >= 15 is 0 Å². The Labute approximate surface area is 163 Å². The van der Waals surface area contributed by atoms with Gasteiger partial charge in [0, 0.05) is 43.5 Å². The molecule has 1 aromatic carbocycles.